The van der Waals surface area contributed by atoms with Crippen LogP contribution >= 0.6 is 11.3 Å². The largest absolute Gasteiger partial charge is 0.341 e. The molecule has 0 aromatic carbocycles. The maximum atomic E-state index is 12.2. The van der Waals surface area contributed by atoms with Crippen molar-refractivity contribution < 1.29 is 4.79 Å². The van der Waals surface area contributed by atoms with E-state index in [0.717, 1.165) is 17.9 Å². The molecule has 1 aromatic heterocycles. The van der Waals surface area contributed by atoms with Crippen molar-refractivity contribution in [2.45, 2.75) is 45.1 Å². The summed E-state index contributed by atoms with van der Waals surface area (Å²) in [6.45, 7) is 1.06. The maximum Gasteiger partial charge on any atom is 0.222 e. The summed E-state index contributed by atoms with van der Waals surface area (Å²) in [6.07, 6.45) is 7.05. The number of hydrogen-bond acceptors (Lipinski definition) is 3. The van der Waals surface area contributed by atoms with Gasteiger partial charge < -0.3 is 10.6 Å². The van der Waals surface area contributed by atoms with Gasteiger partial charge in [-0.2, -0.15) is 0 Å². The standard InChI is InChI=1S/C17H24N2OS/c1-19(17(20)9-8-14-5-2-3-6-14)12-16-11-15(13-21-16)7-4-10-18/h11,13-14H,2-3,5-6,8-10,12,18H2,1H3. The van der Waals surface area contributed by atoms with Gasteiger partial charge in [0.15, 0.2) is 0 Å². The van der Waals surface area contributed by atoms with Crippen molar-refractivity contribution in [1.29, 1.82) is 0 Å². The molecule has 1 aliphatic carbocycles. The molecule has 114 valence electrons. The SMILES string of the molecule is CN(Cc1cc(C#CCN)cs1)C(=O)CCC1CCCC1. The zero-order chi connectivity index (χ0) is 15.1. The second kappa shape index (κ2) is 8.21. The first-order valence-electron chi connectivity index (χ1n) is 7.69. The van der Waals surface area contributed by atoms with Gasteiger partial charge in [0.05, 0.1) is 13.1 Å². The summed E-state index contributed by atoms with van der Waals surface area (Å²) >= 11 is 1.65. The minimum absolute atomic E-state index is 0.255. The van der Waals surface area contributed by atoms with E-state index in [1.54, 1.807) is 11.3 Å². The van der Waals surface area contributed by atoms with Gasteiger partial charge in [-0.15, -0.1) is 11.3 Å². The van der Waals surface area contributed by atoms with E-state index in [1.807, 2.05) is 23.4 Å². The van der Waals surface area contributed by atoms with Gasteiger partial charge in [0, 0.05) is 29.3 Å². The first-order valence-corrected chi connectivity index (χ1v) is 8.57. The number of carbonyl (C=O) groups is 1. The van der Waals surface area contributed by atoms with Crippen LogP contribution < -0.4 is 5.73 Å². The summed E-state index contributed by atoms with van der Waals surface area (Å²) in [5.41, 5.74) is 6.36. The zero-order valence-electron chi connectivity index (χ0n) is 12.7. The molecular weight excluding hydrogens is 280 g/mol. The van der Waals surface area contributed by atoms with Crippen LogP contribution in [0.5, 0.6) is 0 Å². The number of hydrogen-bond donors (Lipinski definition) is 1. The first-order chi connectivity index (χ1) is 10.2. The highest BCUT2D eigenvalue weighted by Crippen LogP contribution is 2.28. The second-order valence-corrected chi connectivity index (χ2v) is 6.74. The van der Waals surface area contributed by atoms with Crippen LogP contribution in [-0.4, -0.2) is 24.4 Å². The van der Waals surface area contributed by atoms with Gasteiger partial charge in [-0.05, 0) is 18.4 Å². The Morgan fingerprint density at radius 1 is 1.48 bits per heavy atom. The maximum absolute atomic E-state index is 12.2. The Morgan fingerprint density at radius 2 is 2.24 bits per heavy atom. The average Bonchev–Trinajstić information content (AvgIpc) is 3.14. The predicted molar refractivity (Wildman–Crippen MR) is 87.9 cm³/mol. The van der Waals surface area contributed by atoms with Crippen molar-refractivity contribution in [2.24, 2.45) is 11.7 Å². The van der Waals surface area contributed by atoms with Gasteiger partial charge in [-0.3, -0.25) is 4.79 Å². The fourth-order valence-electron chi connectivity index (χ4n) is 2.82. The summed E-state index contributed by atoms with van der Waals surface area (Å²) in [4.78, 5) is 15.2. The highest BCUT2D eigenvalue weighted by molar-refractivity contribution is 7.10. The molecule has 1 fully saturated rings. The van der Waals surface area contributed by atoms with Crippen molar-refractivity contribution in [2.75, 3.05) is 13.6 Å². The molecule has 1 heterocycles. The normalized spacial score (nSPS) is 14.8. The van der Waals surface area contributed by atoms with Crippen LogP contribution in [0, 0.1) is 17.8 Å². The van der Waals surface area contributed by atoms with Crippen molar-refractivity contribution in [3.05, 3.63) is 21.9 Å². The highest BCUT2D eigenvalue weighted by atomic mass is 32.1. The monoisotopic (exact) mass is 304 g/mol. The lowest BCUT2D eigenvalue weighted by Gasteiger charge is -2.17. The molecule has 3 nitrogen and oxygen atoms in total. The van der Waals surface area contributed by atoms with Gasteiger partial charge >= 0.3 is 0 Å². The molecule has 1 aliphatic rings. The van der Waals surface area contributed by atoms with Gasteiger partial charge in [-0.1, -0.05) is 37.5 Å². The van der Waals surface area contributed by atoms with Crippen molar-refractivity contribution >= 4 is 17.2 Å². The van der Waals surface area contributed by atoms with E-state index in [-0.39, 0.29) is 5.91 Å². The predicted octanol–water partition coefficient (Wildman–Crippen LogP) is 2.99. The molecule has 0 unspecified atom stereocenters. The van der Waals surface area contributed by atoms with E-state index in [0.29, 0.717) is 19.5 Å². The minimum atomic E-state index is 0.255. The highest BCUT2D eigenvalue weighted by Gasteiger charge is 2.17. The molecule has 1 aromatic rings. The Morgan fingerprint density at radius 3 is 2.95 bits per heavy atom. The molecule has 2 N–H and O–H groups in total. The Kier molecular flexibility index (Phi) is 6.28. The molecule has 0 saturated heterocycles. The molecule has 1 saturated carbocycles. The molecule has 0 spiro atoms. The van der Waals surface area contributed by atoms with Crippen LogP contribution in [-0.2, 0) is 11.3 Å². The van der Waals surface area contributed by atoms with Gasteiger partial charge in [0.2, 0.25) is 5.91 Å². The number of nitrogens with two attached hydrogens (primary N) is 1. The summed E-state index contributed by atoms with van der Waals surface area (Å²) in [5.74, 6) is 6.91. The Labute approximate surface area is 131 Å². The van der Waals surface area contributed by atoms with Crippen molar-refractivity contribution in [3.63, 3.8) is 0 Å². The number of thiophene rings is 1. The Balaban J connectivity index is 1.78. The first kappa shape index (κ1) is 16.1. The van der Waals surface area contributed by atoms with Crippen molar-refractivity contribution in [3.8, 4) is 11.8 Å². The molecule has 4 heteroatoms. The lowest BCUT2D eigenvalue weighted by Crippen LogP contribution is -2.25. The third-order valence-corrected chi connectivity index (χ3v) is 4.97. The Bertz CT molecular complexity index is 520. The molecule has 0 aliphatic heterocycles. The molecule has 21 heavy (non-hydrogen) atoms. The summed E-state index contributed by atoms with van der Waals surface area (Å²) in [6, 6.07) is 2.05. The smallest absolute Gasteiger partial charge is 0.222 e. The minimum Gasteiger partial charge on any atom is -0.341 e. The van der Waals surface area contributed by atoms with Crippen LogP contribution in [0.15, 0.2) is 11.4 Å². The lowest BCUT2D eigenvalue weighted by atomic mass is 10.0. The van der Waals surface area contributed by atoms with Crippen LogP contribution in [0.1, 0.15) is 49.0 Å². The topological polar surface area (TPSA) is 46.3 Å². The molecule has 0 radical (unpaired) electrons. The quantitative estimate of drug-likeness (QED) is 0.850. The molecule has 0 bridgehead atoms. The van der Waals surface area contributed by atoms with Gasteiger partial charge in [0.1, 0.15) is 0 Å². The van der Waals surface area contributed by atoms with Crippen LogP contribution in [0.4, 0.5) is 0 Å². The Hall–Kier alpha value is -1.31. The summed E-state index contributed by atoms with van der Waals surface area (Å²) in [7, 11) is 1.89. The average molecular weight is 304 g/mol. The number of carbonyl (C=O) groups excluding carboxylic acids is 1. The van der Waals surface area contributed by atoms with Crippen LogP contribution in [0.25, 0.3) is 0 Å². The molecule has 2 rings (SSSR count). The van der Waals surface area contributed by atoms with Gasteiger partial charge in [0.25, 0.3) is 0 Å². The molecular formula is C17H24N2OS. The molecule has 0 atom stereocenters. The summed E-state index contributed by atoms with van der Waals surface area (Å²) < 4.78 is 0. The van der Waals surface area contributed by atoms with E-state index in [1.165, 1.54) is 30.6 Å². The van der Waals surface area contributed by atoms with E-state index in [2.05, 4.69) is 11.8 Å². The number of amides is 1. The second-order valence-electron chi connectivity index (χ2n) is 5.75. The fourth-order valence-corrected chi connectivity index (χ4v) is 3.69. The fraction of sp³-hybridized carbons (Fsp3) is 0.588. The van der Waals surface area contributed by atoms with Gasteiger partial charge in [-0.25, -0.2) is 0 Å². The number of nitrogens with zero attached hydrogens (tertiary/aromatic N) is 1. The van der Waals surface area contributed by atoms with E-state index < -0.39 is 0 Å². The molecule has 1 amide bonds. The zero-order valence-corrected chi connectivity index (χ0v) is 13.5. The lowest BCUT2D eigenvalue weighted by molar-refractivity contribution is -0.130. The third kappa shape index (κ3) is 5.18. The van der Waals surface area contributed by atoms with E-state index in [4.69, 9.17) is 5.73 Å². The van der Waals surface area contributed by atoms with E-state index in [9.17, 15) is 4.79 Å². The summed E-state index contributed by atoms with van der Waals surface area (Å²) in [5, 5.41) is 2.02. The van der Waals surface area contributed by atoms with Crippen molar-refractivity contribution in [1.82, 2.24) is 4.90 Å². The number of rotatable bonds is 5. The third-order valence-electron chi connectivity index (χ3n) is 4.05. The van der Waals surface area contributed by atoms with E-state index >= 15 is 0 Å². The van der Waals surface area contributed by atoms with Crippen LogP contribution in [0.2, 0.25) is 0 Å². The van der Waals surface area contributed by atoms with Crippen LogP contribution in [0.3, 0.4) is 0 Å².